The fraction of sp³-hybridized carbons (Fsp3) is 0.552. The van der Waals surface area contributed by atoms with Crippen LogP contribution in [0.2, 0.25) is 0 Å². The van der Waals surface area contributed by atoms with Crippen LogP contribution in [0.15, 0.2) is 30.6 Å². The molecule has 8 nitrogen and oxygen atoms in total. The first-order chi connectivity index (χ1) is 20.3. The van der Waals surface area contributed by atoms with Gasteiger partial charge in [-0.15, -0.1) is 0 Å². The van der Waals surface area contributed by atoms with Crippen molar-refractivity contribution in [2.75, 3.05) is 31.9 Å². The van der Waals surface area contributed by atoms with Crippen LogP contribution in [0.4, 0.5) is 32.2 Å². The lowest BCUT2D eigenvalue weighted by Gasteiger charge is -2.40. The average Bonchev–Trinajstić information content (AvgIpc) is 3.48. The third kappa shape index (κ3) is 5.91. The number of nitrogens with zero attached hydrogens (tertiary/aromatic N) is 5. The molecule has 1 aromatic carbocycles. The van der Waals surface area contributed by atoms with E-state index < -0.39 is 36.1 Å². The minimum atomic E-state index is -4.20. The van der Waals surface area contributed by atoms with Gasteiger partial charge in [0.15, 0.2) is 5.82 Å². The number of aromatic nitrogens is 3. The van der Waals surface area contributed by atoms with E-state index >= 15 is 0 Å². The minimum Gasteiger partial charge on any atom is -0.382 e. The zero-order valence-corrected chi connectivity index (χ0v) is 23.5. The number of carbonyl (C=O) groups excluding carboxylic acids is 1. The molecular weight excluding hydrogens is 576 g/mol. The van der Waals surface area contributed by atoms with Gasteiger partial charge in [0, 0.05) is 49.6 Å². The number of nitrogens with one attached hydrogen (secondary N) is 1. The highest BCUT2D eigenvalue weighted by Crippen LogP contribution is 2.42. The van der Waals surface area contributed by atoms with Gasteiger partial charge < -0.3 is 11.1 Å². The molecular formula is C29H33F6N7O. The number of halogens is 6. The van der Waals surface area contributed by atoms with Crippen LogP contribution in [0.3, 0.4) is 0 Å². The number of piperidine rings is 1. The second-order valence-corrected chi connectivity index (χ2v) is 12.1. The van der Waals surface area contributed by atoms with E-state index in [1.54, 1.807) is 28.5 Å². The van der Waals surface area contributed by atoms with Crippen LogP contribution >= 0.6 is 0 Å². The maximum atomic E-state index is 14.8. The number of anilines is 1. The van der Waals surface area contributed by atoms with E-state index in [1.807, 2.05) is 17.0 Å². The molecule has 1 aliphatic carbocycles. The third-order valence-electron chi connectivity index (χ3n) is 9.06. The van der Waals surface area contributed by atoms with Gasteiger partial charge in [-0.3, -0.25) is 14.6 Å². The quantitative estimate of drug-likeness (QED) is 0.397. The second-order valence-electron chi connectivity index (χ2n) is 12.1. The Morgan fingerprint density at radius 3 is 2.53 bits per heavy atom. The van der Waals surface area contributed by atoms with Gasteiger partial charge in [-0.25, -0.2) is 22.7 Å². The topological polar surface area (TPSA) is 91.8 Å². The molecule has 4 heterocycles. The molecule has 2 aromatic heterocycles. The van der Waals surface area contributed by atoms with E-state index in [-0.39, 0.29) is 63.7 Å². The first kappa shape index (κ1) is 29.7. The molecule has 3 fully saturated rings. The smallest absolute Gasteiger partial charge is 0.382 e. The van der Waals surface area contributed by atoms with Gasteiger partial charge in [-0.2, -0.15) is 18.3 Å². The molecule has 232 valence electrons. The van der Waals surface area contributed by atoms with Crippen LogP contribution in [0.25, 0.3) is 16.8 Å². The lowest BCUT2D eigenvalue weighted by Crippen LogP contribution is -2.50. The first-order valence-electron chi connectivity index (χ1n) is 14.4. The van der Waals surface area contributed by atoms with E-state index in [0.29, 0.717) is 34.4 Å². The summed E-state index contributed by atoms with van der Waals surface area (Å²) in [4.78, 5) is 21.1. The molecule has 14 heteroatoms. The molecule has 0 bridgehead atoms. The number of amides is 1. The van der Waals surface area contributed by atoms with E-state index in [1.165, 1.54) is 6.33 Å². The van der Waals surface area contributed by atoms with Crippen LogP contribution in [0, 0.1) is 12.8 Å². The minimum absolute atomic E-state index is 0.00135. The Bertz CT molecular complexity index is 1510. The summed E-state index contributed by atoms with van der Waals surface area (Å²) < 4.78 is 82.6. The maximum Gasteiger partial charge on any atom is 0.391 e. The molecule has 2 saturated heterocycles. The number of nitrogen functional groups attached to an aromatic ring is 1. The largest absolute Gasteiger partial charge is 0.391 e. The van der Waals surface area contributed by atoms with Crippen molar-refractivity contribution in [1.82, 2.24) is 29.7 Å². The molecule has 0 radical (unpaired) electrons. The molecule has 3 aliphatic rings. The van der Waals surface area contributed by atoms with E-state index in [9.17, 15) is 31.1 Å². The normalized spacial score (nSPS) is 24.0. The number of fused-ring (bicyclic) bond motifs is 1. The lowest BCUT2D eigenvalue weighted by molar-refractivity contribution is -0.185. The van der Waals surface area contributed by atoms with Crippen LogP contribution in [-0.2, 0) is 6.54 Å². The second kappa shape index (κ2) is 11.0. The number of hydrogen-bond donors (Lipinski definition) is 2. The van der Waals surface area contributed by atoms with Crippen LogP contribution < -0.4 is 11.1 Å². The summed E-state index contributed by atoms with van der Waals surface area (Å²) in [5, 5.41) is 7.12. The van der Waals surface area contributed by atoms with Crippen molar-refractivity contribution in [2.24, 2.45) is 5.92 Å². The van der Waals surface area contributed by atoms with E-state index in [4.69, 9.17) is 5.73 Å². The number of benzene rings is 1. The Hall–Kier alpha value is -3.39. The summed E-state index contributed by atoms with van der Waals surface area (Å²) in [5.74, 6) is -4.28. The number of hydrogen-bond acceptors (Lipinski definition) is 6. The van der Waals surface area contributed by atoms with Crippen molar-refractivity contribution in [1.29, 1.82) is 0 Å². The monoisotopic (exact) mass is 609 g/mol. The Morgan fingerprint density at radius 1 is 1.14 bits per heavy atom. The summed E-state index contributed by atoms with van der Waals surface area (Å²) in [5.41, 5.74) is 9.73. The summed E-state index contributed by atoms with van der Waals surface area (Å²) in [7, 11) is 0. The van der Waals surface area contributed by atoms with Crippen LogP contribution in [0.5, 0.6) is 0 Å². The van der Waals surface area contributed by atoms with Crippen molar-refractivity contribution in [3.05, 3.63) is 47.3 Å². The van der Waals surface area contributed by atoms with Gasteiger partial charge in [0.25, 0.3) is 11.8 Å². The van der Waals surface area contributed by atoms with Crippen molar-refractivity contribution in [3.8, 4) is 11.3 Å². The number of aryl methyl sites for hydroxylation is 1. The van der Waals surface area contributed by atoms with E-state index in [0.717, 1.165) is 5.56 Å². The fourth-order valence-electron chi connectivity index (χ4n) is 6.52. The number of carbonyl (C=O) groups is 1. The van der Waals surface area contributed by atoms with Crippen molar-refractivity contribution >= 4 is 17.2 Å². The highest BCUT2D eigenvalue weighted by atomic mass is 19.4. The number of nitrogens with two attached hydrogens (primary N) is 1. The lowest BCUT2D eigenvalue weighted by atomic mass is 9.87. The zero-order chi connectivity index (χ0) is 30.7. The molecule has 1 amide bonds. The Balaban J connectivity index is 1.21. The summed E-state index contributed by atoms with van der Waals surface area (Å²) >= 11 is 0. The van der Waals surface area contributed by atoms with Crippen molar-refractivity contribution in [3.63, 3.8) is 0 Å². The van der Waals surface area contributed by atoms with Crippen LogP contribution in [-0.4, -0.2) is 86.8 Å². The molecule has 43 heavy (non-hydrogen) atoms. The SMILES string of the molecule is Cc1ccc(-c2cc(CN3CCC(C(F)(F)F)CC3)c3c(N)ncnn23)cc1C(=O)N[C@@H]1CN(C2CC(F)(F)C2)C[C@@H]1F. The molecule has 6 rings (SSSR count). The van der Waals surface area contributed by atoms with E-state index in [2.05, 4.69) is 15.4 Å². The average molecular weight is 610 g/mol. The highest BCUT2D eigenvalue weighted by molar-refractivity contribution is 5.97. The molecule has 2 atom stereocenters. The molecule has 3 N–H and O–H groups in total. The highest BCUT2D eigenvalue weighted by Gasteiger charge is 2.50. The fourth-order valence-corrected chi connectivity index (χ4v) is 6.52. The van der Waals surface area contributed by atoms with Gasteiger partial charge in [-0.1, -0.05) is 12.1 Å². The standard InChI is InChI=1S/C29H33F6N7O/c1-16-2-3-17(8-21(16)27(43)39-23-14-41(13-22(23)30)20-10-28(31,32)11-20)24-9-18(25-26(36)37-15-38-42(24)25)12-40-6-4-19(5-7-40)29(33,34)35/h2-3,8-9,15,19-20,22-23H,4-7,10-14H2,1H3,(H,39,43)(H2,36,37,38)/t22-,23+/m0/s1. The molecule has 0 unspecified atom stereocenters. The van der Waals surface area contributed by atoms with Gasteiger partial charge >= 0.3 is 6.18 Å². The van der Waals surface area contributed by atoms with Gasteiger partial charge in [-0.05, 0) is 56.1 Å². The zero-order valence-electron chi connectivity index (χ0n) is 23.5. The van der Waals surface area contributed by atoms with Gasteiger partial charge in [0.2, 0.25) is 0 Å². The number of alkyl halides is 6. The number of rotatable bonds is 6. The predicted octanol–water partition coefficient (Wildman–Crippen LogP) is 4.61. The molecule has 3 aromatic rings. The van der Waals surface area contributed by atoms with Gasteiger partial charge in [0.1, 0.15) is 18.0 Å². The maximum absolute atomic E-state index is 14.8. The summed E-state index contributed by atoms with van der Waals surface area (Å²) in [6.07, 6.45) is -4.82. The Kier molecular flexibility index (Phi) is 7.56. The van der Waals surface area contributed by atoms with Crippen molar-refractivity contribution < 1.29 is 31.1 Å². The van der Waals surface area contributed by atoms with Crippen LogP contribution in [0.1, 0.15) is 47.2 Å². The summed E-state index contributed by atoms with van der Waals surface area (Å²) in [6.45, 7) is 2.85. The molecule has 2 aliphatic heterocycles. The van der Waals surface area contributed by atoms with Crippen molar-refractivity contribution in [2.45, 2.75) is 69.5 Å². The summed E-state index contributed by atoms with van der Waals surface area (Å²) in [6, 6.07) is 5.90. The first-order valence-corrected chi connectivity index (χ1v) is 14.4. The Morgan fingerprint density at radius 2 is 1.86 bits per heavy atom. The van der Waals surface area contributed by atoms with Gasteiger partial charge in [0.05, 0.1) is 17.7 Å². The molecule has 1 saturated carbocycles. The molecule has 0 spiro atoms. The number of likely N-dealkylation sites (tertiary alicyclic amines) is 2. The predicted molar refractivity (Wildman–Crippen MR) is 147 cm³/mol. The third-order valence-corrected chi connectivity index (χ3v) is 9.06. The Labute approximate surface area is 244 Å².